The van der Waals surface area contributed by atoms with Gasteiger partial charge >= 0.3 is 0 Å². The first kappa shape index (κ1) is 12.8. The molecule has 0 fully saturated rings. The topological polar surface area (TPSA) is 81.7 Å². The minimum Gasteiger partial charge on any atom is -0.368 e. The van der Waals surface area contributed by atoms with Crippen molar-refractivity contribution in [2.75, 3.05) is 18.4 Å². The quantitative estimate of drug-likeness (QED) is 0.765. The Morgan fingerprint density at radius 2 is 2.20 bits per heavy atom. The van der Waals surface area contributed by atoms with E-state index in [1.165, 1.54) is 6.33 Å². The predicted molar refractivity (Wildman–Crippen MR) is 79.2 cm³/mol. The Hall–Kier alpha value is -2.18. The van der Waals surface area contributed by atoms with Crippen LogP contribution in [0.25, 0.3) is 16.7 Å². The van der Waals surface area contributed by atoms with E-state index in [0.717, 1.165) is 22.5 Å². The molecule has 0 saturated carbocycles. The Kier molecular flexibility index (Phi) is 3.49. The van der Waals surface area contributed by atoms with E-state index in [1.807, 2.05) is 24.3 Å². The van der Waals surface area contributed by atoms with Gasteiger partial charge in [-0.05, 0) is 18.2 Å². The Bertz CT molecular complexity index is 739. The summed E-state index contributed by atoms with van der Waals surface area (Å²) >= 11 is 6.01. The second-order valence-electron chi connectivity index (χ2n) is 4.21. The number of aromatic nitrogens is 4. The lowest BCUT2D eigenvalue weighted by Crippen LogP contribution is -2.14. The highest BCUT2D eigenvalue weighted by Gasteiger charge is 2.10. The molecular formula is C13H13ClN6. The Morgan fingerprint density at radius 3 is 3.00 bits per heavy atom. The van der Waals surface area contributed by atoms with Crippen LogP contribution in [0.3, 0.4) is 0 Å². The number of benzene rings is 1. The van der Waals surface area contributed by atoms with Gasteiger partial charge in [-0.25, -0.2) is 14.6 Å². The molecular weight excluding hydrogens is 276 g/mol. The molecule has 2 heterocycles. The van der Waals surface area contributed by atoms with Crippen molar-refractivity contribution in [1.29, 1.82) is 0 Å². The van der Waals surface area contributed by atoms with Gasteiger partial charge in [-0.2, -0.15) is 5.10 Å². The molecule has 3 rings (SSSR count). The summed E-state index contributed by atoms with van der Waals surface area (Å²) in [4.78, 5) is 8.50. The van der Waals surface area contributed by atoms with Crippen LogP contribution in [0.15, 0.2) is 36.8 Å². The molecule has 20 heavy (non-hydrogen) atoms. The molecule has 6 nitrogen and oxygen atoms in total. The fraction of sp³-hybridized carbons (Fsp3) is 0.154. The average Bonchev–Trinajstić information content (AvgIpc) is 2.89. The van der Waals surface area contributed by atoms with Crippen LogP contribution in [0.4, 0.5) is 5.82 Å². The number of nitrogens with zero attached hydrogens (tertiary/aromatic N) is 4. The standard InChI is InChI=1S/C13H13ClN6/c14-9-2-1-3-10(6-9)20-13-11(7-19-20)12(16-5-4-15)17-8-18-13/h1-3,6-8H,4-5,15H2,(H,16,17,18). The van der Waals surface area contributed by atoms with Gasteiger partial charge in [0.2, 0.25) is 0 Å². The molecule has 0 unspecified atom stereocenters. The minimum absolute atomic E-state index is 0.536. The van der Waals surface area contributed by atoms with Crippen LogP contribution in [0.1, 0.15) is 0 Å². The maximum Gasteiger partial charge on any atom is 0.168 e. The third-order valence-electron chi connectivity index (χ3n) is 2.86. The number of halogens is 1. The van der Waals surface area contributed by atoms with Crippen LogP contribution in [0.2, 0.25) is 5.02 Å². The number of hydrogen-bond acceptors (Lipinski definition) is 5. The van der Waals surface area contributed by atoms with Crippen molar-refractivity contribution in [3.05, 3.63) is 41.8 Å². The second-order valence-corrected chi connectivity index (χ2v) is 4.65. The van der Waals surface area contributed by atoms with Crippen molar-refractivity contribution in [1.82, 2.24) is 19.7 Å². The van der Waals surface area contributed by atoms with Crippen LogP contribution in [0, 0.1) is 0 Å². The molecule has 0 bridgehead atoms. The van der Waals surface area contributed by atoms with Gasteiger partial charge in [-0.15, -0.1) is 0 Å². The highest BCUT2D eigenvalue weighted by atomic mass is 35.5. The Labute approximate surface area is 120 Å². The zero-order valence-electron chi connectivity index (χ0n) is 10.6. The molecule has 0 aliphatic carbocycles. The Morgan fingerprint density at radius 1 is 1.30 bits per heavy atom. The van der Waals surface area contributed by atoms with E-state index in [-0.39, 0.29) is 0 Å². The molecule has 3 N–H and O–H groups in total. The maximum atomic E-state index is 6.01. The molecule has 7 heteroatoms. The van der Waals surface area contributed by atoms with Crippen molar-refractivity contribution >= 4 is 28.5 Å². The minimum atomic E-state index is 0.536. The van der Waals surface area contributed by atoms with Crippen molar-refractivity contribution < 1.29 is 0 Å². The largest absolute Gasteiger partial charge is 0.368 e. The SMILES string of the molecule is NCCNc1ncnc2c1cnn2-c1cccc(Cl)c1. The molecule has 0 aliphatic heterocycles. The zero-order valence-corrected chi connectivity index (χ0v) is 11.4. The fourth-order valence-corrected chi connectivity index (χ4v) is 2.16. The summed E-state index contributed by atoms with van der Waals surface area (Å²) < 4.78 is 1.73. The molecule has 0 aliphatic rings. The summed E-state index contributed by atoms with van der Waals surface area (Å²) in [6.07, 6.45) is 3.24. The van der Waals surface area contributed by atoms with Crippen LogP contribution in [0.5, 0.6) is 0 Å². The normalized spacial score (nSPS) is 10.9. The van der Waals surface area contributed by atoms with E-state index in [4.69, 9.17) is 17.3 Å². The molecule has 0 spiro atoms. The zero-order chi connectivity index (χ0) is 13.9. The van der Waals surface area contributed by atoms with Crippen LogP contribution < -0.4 is 11.1 Å². The second kappa shape index (κ2) is 5.44. The van der Waals surface area contributed by atoms with Gasteiger partial charge in [0, 0.05) is 18.1 Å². The van der Waals surface area contributed by atoms with E-state index in [9.17, 15) is 0 Å². The monoisotopic (exact) mass is 288 g/mol. The third-order valence-corrected chi connectivity index (χ3v) is 3.09. The van der Waals surface area contributed by atoms with E-state index >= 15 is 0 Å². The van der Waals surface area contributed by atoms with Crippen molar-refractivity contribution in [2.45, 2.75) is 0 Å². The molecule has 2 aromatic heterocycles. The van der Waals surface area contributed by atoms with Crippen LogP contribution in [-0.4, -0.2) is 32.8 Å². The molecule has 0 atom stereocenters. The summed E-state index contributed by atoms with van der Waals surface area (Å²) in [5.74, 6) is 0.730. The number of rotatable bonds is 4. The summed E-state index contributed by atoms with van der Waals surface area (Å²) in [7, 11) is 0. The highest BCUT2D eigenvalue weighted by molar-refractivity contribution is 6.30. The number of hydrogen-bond donors (Lipinski definition) is 2. The van der Waals surface area contributed by atoms with Crippen LogP contribution in [-0.2, 0) is 0 Å². The summed E-state index contributed by atoms with van der Waals surface area (Å²) in [5.41, 5.74) is 7.07. The lowest BCUT2D eigenvalue weighted by Gasteiger charge is -2.05. The molecule has 0 radical (unpaired) electrons. The fourth-order valence-electron chi connectivity index (χ4n) is 1.97. The number of nitrogens with one attached hydrogen (secondary N) is 1. The molecule has 0 amide bonds. The van der Waals surface area contributed by atoms with Gasteiger partial charge in [-0.3, -0.25) is 0 Å². The summed E-state index contributed by atoms with van der Waals surface area (Å²) in [6, 6.07) is 7.45. The third kappa shape index (κ3) is 2.31. The molecule has 102 valence electrons. The number of nitrogens with two attached hydrogens (primary N) is 1. The first-order chi connectivity index (χ1) is 9.79. The van der Waals surface area contributed by atoms with Gasteiger partial charge in [0.15, 0.2) is 5.65 Å². The van der Waals surface area contributed by atoms with E-state index in [0.29, 0.717) is 18.1 Å². The van der Waals surface area contributed by atoms with Crippen LogP contribution >= 0.6 is 11.6 Å². The first-order valence-electron chi connectivity index (χ1n) is 6.18. The summed E-state index contributed by atoms with van der Waals surface area (Å²) in [6.45, 7) is 1.18. The first-order valence-corrected chi connectivity index (χ1v) is 6.56. The van der Waals surface area contributed by atoms with E-state index < -0.39 is 0 Å². The van der Waals surface area contributed by atoms with Crippen molar-refractivity contribution in [3.8, 4) is 5.69 Å². The number of fused-ring (bicyclic) bond motifs is 1. The van der Waals surface area contributed by atoms with Gasteiger partial charge in [0.05, 0.1) is 17.3 Å². The van der Waals surface area contributed by atoms with Gasteiger partial charge < -0.3 is 11.1 Å². The van der Waals surface area contributed by atoms with Gasteiger partial charge in [0.1, 0.15) is 12.1 Å². The summed E-state index contributed by atoms with van der Waals surface area (Å²) in [5, 5.41) is 9.02. The number of anilines is 1. The maximum absolute atomic E-state index is 6.01. The predicted octanol–water partition coefficient (Wildman–Crippen LogP) is 1.84. The van der Waals surface area contributed by atoms with Gasteiger partial charge in [-0.1, -0.05) is 17.7 Å². The average molecular weight is 289 g/mol. The Balaban J connectivity index is 2.10. The van der Waals surface area contributed by atoms with E-state index in [2.05, 4.69) is 20.4 Å². The lowest BCUT2D eigenvalue weighted by molar-refractivity contribution is 0.895. The van der Waals surface area contributed by atoms with Crippen molar-refractivity contribution in [2.24, 2.45) is 5.73 Å². The molecule has 0 saturated heterocycles. The molecule has 1 aromatic carbocycles. The highest BCUT2D eigenvalue weighted by Crippen LogP contribution is 2.22. The molecule has 3 aromatic rings. The van der Waals surface area contributed by atoms with Gasteiger partial charge in [0.25, 0.3) is 0 Å². The lowest BCUT2D eigenvalue weighted by atomic mass is 10.3. The van der Waals surface area contributed by atoms with Crippen molar-refractivity contribution in [3.63, 3.8) is 0 Å². The van der Waals surface area contributed by atoms with E-state index in [1.54, 1.807) is 10.9 Å². The smallest absolute Gasteiger partial charge is 0.168 e.